The van der Waals surface area contributed by atoms with Crippen molar-refractivity contribution in [3.05, 3.63) is 101 Å². The first-order chi connectivity index (χ1) is 17.9. The zero-order valence-corrected chi connectivity index (χ0v) is 22.4. The van der Waals surface area contributed by atoms with Crippen molar-refractivity contribution in [2.75, 3.05) is 12.4 Å². The number of carbonyl (C=O) groups is 1. The summed E-state index contributed by atoms with van der Waals surface area (Å²) in [4.78, 5) is 17.5. The largest absolute Gasteiger partial charge is 0.496 e. The second-order valence-corrected chi connectivity index (χ2v) is 9.68. The van der Waals surface area contributed by atoms with E-state index >= 15 is 0 Å². The van der Waals surface area contributed by atoms with Crippen LogP contribution in [-0.2, 0) is 0 Å². The number of nitrogens with zero attached hydrogens (tertiary/aromatic N) is 1. The van der Waals surface area contributed by atoms with Gasteiger partial charge in [0, 0.05) is 15.7 Å². The molecule has 8 heteroatoms. The van der Waals surface area contributed by atoms with Gasteiger partial charge in [-0.25, -0.2) is 4.98 Å². The van der Waals surface area contributed by atoms with Crippen molar-refractivity contribution in [1.29, 1.82) is 0 Å². The molecule has 0 saturated carbocycles. The molecule has 2 N–H and O–H groups in total. The van der Waals surface area contributed by atoms with E-state index in [1.165, 1.54) is 7.11 Å². The lowest BCUT2D eigenvalue weighted by molar-refractivity contribution is 0.0974. The van der Waals surface area contributed by atoms with E-state index < -0.39 is 0 Å². The quantitative estimate of drug-likeness (QED) is 0.214. The molecule has 1 aromatic heterocycles. The maximum Gasteiger partial charge on any atom is 0.261 e. The SMILES string of the molecule is COc1c(C)cc(Br)cc1C(=O)NC(=S)Nc1ccc2oc(-c3ccc(-c4ccccc4)cc3)nc2c1. The maximum absolute atomic E-state index is 12.8. The average molecular weight is 572 g/mol. The lowest BCUT2D eigenvalue weighted by Gasteiger charge is -2.13. The van der Waals surface area contributed by atoms with Crippen molar-refractivity contribution < 1.29 is 13.9 Å². The van der Waals surface area contributed by atoms with Crippen molar-refractivity contribution in [2.24, 2.45) is 0 Å². The molecule has 0 saturated heterocycles. The van der Waals surface area contributed by atoms with E-state index in [-0.39, 0.29) is 11.0 Å². The summed E-state index contributed by atoms with van der Waals surface area (Å²) < 4.78 is 12.1. The van der Waals surface area contributed by atoms with Gasteiger partial charge in [-0.3, -0.25) is 10.1 Å². The van der Waals surface area contributed by atoms with Gasteiger partial charge in [0.05, 0.1) is 12.7 Å². The summed E-state index contributed by atoms with van der Waals surface area (Å²) >= 11 is 8.80. The smallest absolute Gasteiger partial charge is 0.261 e. The van der Waals surface area contributed by atoms with Crippen LogP contribution in [0.3, 0.4) is 0 Å². The minimum absolute atomic E-state index is 0.157. The van der Waals surface area contributed by atoms with Crippen LogP contribution >= 0.6 is 28.1 Å². The van der Waals surface area contributed by atoms with Gasteiger partial charge < -0.3 is 14.5 Å². The zero-order chi connectivity index (χ0) is 25.9. The van der Waals surface area contributed by atoms with Crippen LogP contribution in [0.25, 0.3) is 33.7 Å². The lowest BCUT2D eigenvalue weighted by Crippen LogP contribution is -2.34. The van der Waals surface area contributed by atoms with E-state index in [4.69, 9.17) is 21.4 Å². The highest BCUT2D eigenvalue weighted by Crippen LogP contribution is 2.29. The molecule has 0 fully saturated rings. The molecule has 6 nitrogen and oxygen atoms in total. The minimum Gasteiger partial charge on any atom is -0.496 e. The van der Waals surface area contributed by atoms with Gasteiger partial charge in [-0.2, -0.15) is 0 Å². The molecular formula is C29H22BrN3O3S. The zero-order valence-electron chi connectivity index (χ0n) is 20.0. The number of carbonyl (C=O) groups excluding carboxylic acids is 1. The predicted molar refractivity (Wildman–Crippen MR) is 154 cm³/mol. The first kappa shape index (κ1) is 24.7. The number of methoxy groups -OCH3 is 1. The Hall–Kier alpha value is -4.01. The van der Waals surface area contributed by atoms with Crippen molar-refractivity contribution in [3.8, 4) is 28.3 Å². The molecule has 0 radical (unpaired) electrons. The number of aryl methyl sites for hydroxylation is 1. The number of nitrogens with one attached hydrogen (secondary N) is 2. The first-order valence-corrected chi connectivity index (χ1v) is 12.6. The van der Waals surface area contributed by atoms with Crippen molar-refractivity contribution in [2.45, 2.75) is 6.92 Å². The Morgan fingerprint density at radius 1 is 0.946 bits per heavy atom. The summed E-state index contributed by atoms with van der Waals surface area (Å²) in [6, 6.07) is 27.3. The summed E-state index contributed by atoms with van der Waals surface area (Å²) in [6.45, 7) is 1.87. The van der Waals surface area contributed by atoms with Crippen LogP contribution in [0.15, 0.2) is 93.8 Å². The van der Waals surface area contributed by atoms with Crippen molar-refractivity contribution in [3.63, 3.8) is 0 Å². The molecule has 4 aromatic carbocycles. The summed E-state index contributed by atoms with van der Waals surface area (Å²) in [5.41, 5.74) is 6.37. The van der Waals surface area contributed by atoms with Crippen LogP contribution in [0.4, 0.5) is 5.69 Å². The van der Waals surface area contributed by atoms with Crippen LogP contribution < -0.4 is 15.4 Å². The Kier molecular flexibility index (Phi) is 7.03. The van der Waals surface area contributed by atoms with E-state index in [0.29, 0.717) is 34.0 Å². The van der Waals surface area contributed by atoms with E-state index in [1.54, 1.807) is 6.07 Å². The summed E-state index contributed by atoms with van der Waals surface area (Å²) in [6.07, 6.45) is 0. The fraction of sp³-hybridized carbons (Fsp3) is 0.0690. The molecule has 5 rings (SSSR count). The topological polar surface area (TPSA) is 76.4 Å². The number of ether oxygens (including phenoxy) is 1. The van der Waals surface area contributed by atoms with E-state index in [9.17, 15) is 4.79 Å². The van der Waals surface area contributed by atoms with Crippen LogP contribution in [0.5, 0.6) is 5.75 Å². The molecular weight excluding hydrogens is 550 g/mol. The van der Waals surface area contributed by atoms with Crippen molar-refractivity contribution in [1.82, 2.24) is 10.3 Å². The Morgan fingerprint density at radius 3 is 2.38 bits per heavy atom. The van der Waals surface area contributed by atoms with E-state index in [2.05, 4.69) is 55.8 Å². The molecule has 0 unspecified atom stereocenters. The fourth-order valence-corrected chi connectivity index (χ4v) is 4.85. The molecule has 1 amide bonds. The number of hydrogen-bond donors (Lipinski definition) is 2. The number of thiocarbonyl (C=S) groups is 1. The number of fused-ring (bicyclic) bond motifs is 1. The summed E-state index contributed by atoms with van der Waals surface area (Å²) in [5.74, 6) is 0.652. The van der Waals surface area contributed by atoms with E-state index in [1.807, 2.05) is 61.5 Å². The minimum atomic E-state index is -0.373. The van der Waals surface area contributed by atoms with Crippen LogP contribution in [-0.4, -0.2) is 23.1 Å². The summed E-state index contributed by atoms with van der Waals surface area (Å²) in [7, 11) is 1.53. The van der Waals surface area contributed by atoms with Crippen molar-refractivity contribution >= 4 is 56.0 Å². The molecule has 5 aromatic rings. The number of anilines is 1. The number of aromatic nitrogens is 1. The van der Waals surface area contributed by atoms with Crippen LogP contribution in [0.2, 0.25) is 0 Å². The van der Waals surface area contributed by atoms with Gasteiger partial charge in [0.15, 0.2) is 10.7 Å². The highest BCUT2D eigenvalue weighted by atomic mass is 79.9. The van der Waals surface area contributed by atoms with Crippen LogP contribution in [0.1, 0.15) is 15.9 Å². The predicted octanol–water partition coefficient (Wildman–Crippen LogP) is 7.37. The molecule has 37 heavy (non-hydrogen) atoms. The Labute approximate surface area is 227 Å². The molecule has 0 bridgehead atoms. The van der Waals surface area contributed by atoms with Gasteiger partial charge in [-0.05, 0) is 78.3 Å². The molecule has 1 heterocycles. The van der Waals surface area contributed by atoms with Gasteiger partial charge in [0.2, 0.25) is 5.89 Å². The van der Waals surface area contributed by atoms with Gasteiger partial charge >= 0.3 is 0 Å². The molecule has 184 valence electrons. The number of hydrogen-bond acceptors (Lipinski definition) is 5. The average Bonchev–Trinajstić information content (AvgIpc) is 3.32. The molecule has 0 aliphatic heterocycles. The van der Waals surface area contributed by atoms with Gasteiger partial charge in [0.25, 0.3) is 5.91 Å². The number of amides is 1. The van der Waals surface area contributed by atoms with E-state index in [0.717, 1.165) is 26.7 Å². The molecule has 0 aliphatic rings. The lowest BCUT2D eigenvalue weighted by atomic mass is 10.0. The maximum atomic E-state index is 12.8. The third kappa shape index (κ3) is 5.40. The Balaban J connectivity index is 1.30. The first-order valence-electron chi connectivity index (χ1n) is 11.4. The number of benzene rings is 4. The second kappa shape index (κ2) is 10.5. The molecule has 0 atom stereocenters. The van der Waals surface area contributed by atoms with Gasteiger partial charge in [-0.15, -0.1) is 0 Å². The third-order valence-electron chi connectivity index (χ3n) is 5.80. The number of halogens is 1. The van der Waals surface area contributed by atoms with Gasteiger partial charge in [-0.1, -0.05) is 58.4 Å². The number of rotatable bonds is 5. The Morgan fingerprint density at radius 2 is 1.65 bits per heavy atom. The highest BCUT2D eigenvalue weighted by Gasteiger charge is 2.17. The van der Waals surface area contributed by atoms with Crippen LogP contribution in [0, 0.1) is 6.92 Å². The van der Waals surface area contributed by atoms with Gasteiger partial charge in [0.1, 0.15) is 11.3 Å². The highest BCUT2D eigenvalue weighted by molar-refractivity contribution is 9.10. The normalized spacial score (nSPS) is 10.8. The summed E-state index contributed by atoms with van der Waals surface area (Å²) in [5, 5.41) is 5.91. The second-order valence-electron chi connectivity index (χ2n) is 8.36. The fourth-order valence-electron chi connectivity index (χ4n) is 4.07. The Bertz CT molecular complexity index is 1620. The third-order valence-corrected chi connectivity index (χ3v) is 6.46. The number of oxazole rings is 1. The molecule has 0 spiro atoms. The molecule has 0 aliphatic carbocycles. The standard InChI is InChI=1S/C29H22BrN3O3S/c1-17-14-21(30)15-23(26(17)35-2)27(34)33-29(37)31-22-12-13-25-24(16-22)32-28(36-25)20-10-8-19(9-11-20)18-6-4-3-5-7-18/h3-16H,1-2H3,(H2,31,33,34,37). The monoisotopic (exact) mass is 571 g/mol.